The standard InChI is InChI=1S/C61H101NO5/c1-4-7-10-13-16-19-22-25-28-30-33-36-39-42-45-48-51-54-61(66)67-57(52-49-46-43-40-37-34-32-29-26-23-20-17-14-11-8-5-2)55-60(65)62-58(56-63)59(64)53-50-47-44-41-38-35-31-27-24-21-18-15-12-9-6-3/h7,10,13,16-17,19-20,22-23,25-26,28-30,32-34,36-37,39,57-59,63-64H,4-6,8-9,11-12,14-15,18,21,24,27,31,35,38,40-56H2,1-3H3,(H,62,65)/b10-7-,16-13+,20-17+,22-19+,26-23+,28-25-,32-29+,33-30+,37-34+,39-36+. The Morgan fingerprint density at radius 1 is 0.448 bits per heavy atom. The fraction of sp³-hybridized carbons (Fsp3) is 0.639. The fourth-order valence-electron chi connectivity index (χ4n) is 7.65. The normalized spacial score (nSPS) is 14.2. The number of aliphatic hydroxyl groups is 2. The van der Waals surface area contributed by atoms with Gasteiger partial charge in [-0.05, 0) is 70.6 Å². The predicted molar refractivity (Wildman–Crippen MR) is 291 cm³/mol. The Morgan fingerprint density at radius 2 is 0.806 bits per heavy atom. The lowest BCUT2D eigenvalue weighted by atomic mass is 10.0. The molecule has 0 aromatic heterocycles. The van der Waals surface area contributed by atoms with E-state index < -0.39 is 18.2 Å². The number of carbonyl (C=O) groups is 2. The molecule has 0 saturated carbocycles. The fourth-order valence-corrected chi connectivity index (χ4v) is 7.65. The van der Waals surface area contributed by atoms with Crippen LogP contribution in [0.1, 0.15) is 226 Å². The largest absolute Gasteiger partial charge is 0.462 e. The third kappa shape index (κ3) is 48.5. The van der Waals surface area contributed by atoms with Crippen molar-refractivity contribution in [2.75, 3.05) is 6.61 Å². The van der Waals surface area contributed by atoms with Gasteiger partial charge in [0.1, 0.15) is 6.10 Å². The summed E-state index contributed by atoms with van der Waals surface area (Å²) in [6, 6.07) is -0.734. The van der Waals surface area contributed by atoms with Gasteiger partial charge in [0, 0.05) is 6.42 Å². The molecule has 6 nitrogen and oxygen atoms in total. The van der Waals surface area contributed by atoms with Crippen LogP contribution in [-0.4, -0.2) is 46.9 Å². The number of amides is 1. The second-order valence-electron chi connectivity index (χ2n) is 18.1. The molecular weight excluding hydrogens is 827 g/mol. The summed E-state index contributed by atoms with van der Waals surface area (Å²) in [5.74, 6) is -0.573. The maximum absolute atomic E-state index is 13.2. The van der Waals surface area contributed by atoms with E-state index in [2.05, 4.69) is 74.7 Å². The van der Waals surface area contributed by atoms with Crippen molar-refractivity contribution in [1.29, 1.82) is 0 Å². The highest BCUT2D eigenvalue weighted by Gasteiger charge is 2.24. The molecule has 0 aliphatic carbocycles. The van der Waals surface area contributed by atoms with Gasteiger partial charge in [0.2, 0.25) is 5.91 Å². The van der Waals surface area contributed by atoms with E-state index in [0.717, 1.165) is 83.5 Å². The molecule has 0 aromatic rings. The van der Waals surface area contributed by atoms with E-state index in [1.165, 1.54) is 96.3 Å². The lowest BCUT2D eigenvalue weighted by Crippen LogP contribution is -2.46. The van der Waals surface area contributed by atoms with Gasteiger partial charge >= 0.3 is 5.97 Å². The Balaban J connectivity index is 4.77. The van der Waals surface area contributed by atoms with Crippen molar-refractivity contribution in [2.24, 2.45) is 0 Å². The van der Waals surface area contributed by atoms with Gasteiger partial charge in [0.15, 0.2) is 0 Å². The molecule has 0 rings (SSSR count). The summed E-state index contributed by atoms with van der Waals surface area (Å²) >= 11 is 0. The van der Waals surface area contributed by atoms with E-state index in [1.807, 2.05) is 72.9 Å². The molecule has 3 atom stereocenters. The average Bonchev–Trinajstić information content (AvgIpc) is 3.32. The maximum atomic E-state index is 13.2. The van der Waals surface area contributed by atoms with E-state index in [-0.39, 0.29) is 24.9 Å². The summed E-state index contributed by atoms with van der Waals surface area (Å²) in [6.45, 7) is 6.28. The van der Waals surface area contributed by atoms with Crippen LogP contribution in [0, 0.1) is 0 Å². The maximum Gasteiger partial charge on any atom is 0.306 e. The SMILES string of the molecule is CC\C=C/C=C/C=C/C=C\C=C\C=C\CCCCCC(=O)OC(CCCCC/C=C/C=C/C=C/C=C/CCCCC)CC(=O)NC(CO)C(O)CCCCCCCCCCCCCCCCC. The number of aliphatic hydroxyl groups excluding tert-OH is 2. The van der Waals surface area contributed by atoms with Gasteiger partial charge in [0.05, 0.1) is 25.2 Å². The van der Waals surface area contributed by atoms with Gasteiger partial charge in [-0.25, -0.2) is 0 Å². The summed E-state index contributed by atoms with van der Waals surface area (Å²) in [4.78, 5) is 26.2. The number of esters is 1. The van der Waals surface area contributed by atoms with Gasteiger partial charge in [0.25, 0.3) is 0 Å². The number of allylic oxidation sites excluding steroid dienone is 20. The smallest absolute Gasteiger partial charge is 0.306 e. The second kappa shape index (κ2) is 53.2. The molecule has 0 spiro atoms. The van der Waals surface area contributed by atoms with Crippen molar-refractivity contribution >= 4 is 11.9 Å². The molecule has 0 radical (unpaired) electrons. The van der Waals surface area contributed by atoms with Crippen molar-refractivity contribution in [2.45, 2.75) is 244 Å². The zero-order valence-electron chi connectivity index (χ0n) is 43.2. The first kappa shape index (κ1) is 63.3. The Morgan fingerprint density at radius 3 is 1.25 bits per heavy atom. The summed E-state index contributed by atoms with van der Waals surface area (Å²) in [5, 5.41) is 23.8. The van der Waals surface area contributed by atoms with Crippen LogP contribution in [0.2, 0.25) is 0 Å². The zero-order valence-corrected chi connectivity index (χ0v) is 43.2. The first-order valence-electron chi connectivity index (χ1n) is 27.4. The van der Waals surface area contributed by atoms with Gasteiger partial charge in [-0.15, -0.1) is 0 Å². The van der Waals surface area contributed by atoms with Crippen LogP contribution < -0.4 is 5.32 Å². The highest BCUT2D eigenvalue weighted by atomic mass is 16.5. The lowest BCUT2D eigenvalue weighted by molar-refractivity contribution is -0.151. The molecule has 380 valence electrons. The molecule has 3 unspecified atom stereocenters. The van der Waals surface area contributed by atoms with Gasteiger partial charge in [-0.2, -0.15) is 0 Å². The number of hydrogen-bond donors (Lipinski definition) is 3. The number of ether oxygens (including phenoxy) is 1. The second-order valence-corrected chi connectivity index (χ2v) is 18.1. The van der Waals surface area contributed by atoms with E-state index in [0.29, 0.717) is 19.3 Å². The molecule has 0 aliphatic rings. The molecular formula is C61H101NO5. The number of nitrogens with one attached hydrogen (secondary N) is 1. The molecule has 0 aromatic carbocycles. The third-order valence-corrected chi connectivity index (χ3v) is 11.8. The minimum atomic E-state index is -0.816. The van der Waals surface area contributed by atoms with E-state index in [1.54, 1.807) is 0 Å². The van der Waals surface area contributed by atoms with Crippen LogP contribution in [0.15, 0.2) is 122 Å². The summed E-state index contributed by atoms with van der Waals surface area (Å²) in [5.41, 5.74) is 0. The Labute approximate surface area is 412 Å². The molecule has 6 heteroatoms. The van der Waals surface area contributed by atoms with Crippen molar-refractivity contribution in [3.8, 4) is 0 Å². The Bertz CT molecular complexity index is 1410. The quantitative estimate of drug-likeness (QED) is 0.0321. The zero-order chi connectivity index (χ0) is 48.8. The van der Waals surface area contributed by atoms with Crippen LogP contribution in [0.3, 0.4) is 0 Å². The number of hydrogen-bond acceptors (Lipinski definition) is 5. The van der Waals surface area contributed by atoms with Gasteiger partial charge < -0.3 is 20.3 Å². The number of unbranched alkanes of at least 4 members (excludes halogenated alkanes) is 23. The summed E-state index contributed by atoms with van der Waals surface area (Å²) < 4.78 is 5.91. The first-order chi connectivity index (χ1) is 33.0. The lowest BCUT2D eigenvalue weighted by Gasteiger charge is -2.24. The van der Waals surface area contributed by atoms with Gasteiger partial charge in [-0.3, -0.25) is 9.59 Å². The monoisotopic (exact) mass is 928 g/mol. The van der Waals surface area contributed by atoms with E-state index >= 15 is 0 Å². The molecule has 3 N–H and O–H groups in total. The van der Waals surface area contributed by atoms with Crippen LogP contribution >= 0.6 is 0 Å². The van der Waals surface area contributed by atoms with E-state index in [4.69, 9.17) is 4.74 Å². The van der Waals surface area contributed by atoms with Crippen LogP contribution in [-0.2, 0) is 14.3 Å². The van der Waals surface area contributed by atoms with Crippen molar-refractivity contribution < 1.29 is 24.5 Å². The average molecular weight is 928 g/mol. The van der Waals surface area contributed by atoms with Crippen molar-refractivity contribution in [3.05, 3.63) is 122 Å². The molecule has 1 amide bonds. The van der Waals surface area contributed by atoms with Crippen molar-refractivity contribution in [3.63, 3.8) is 0 Å². The van der Waals surface area contributed by atoms with Crippen molar-refractivity contribution in [1.82, 2.24) is 5.32 Å². The molecule has 0 saturated heterocycles. The number of rotatable bonds is 47. The topological polar surface area (TPSA) is 95.9 Å². The van der Waals surface area contributed by atoms with Crippen LogP contribution in [0.4, 0.5) is 0 Å². The minimum Gasteiger partial charge on any atom is -0.462 e. The minimum absolute atomic E-state index is 0.0253. The predicted octanol–water partition coefficient (Wildman–Crippen LogP) is 16.8. The van der Waals surface area contributed by atoms with Crippen LogP contribution in [0.25, 0.3) is 0 Å². The Hall–Kier alpha value is -3.74. The molecule has 67 heavy (non-hydrogen) atoms. The third-order valence-electron chi connectivity index (χ3n) is 11.8. The highest BCUT2D eigenvalue weighted by Crippen LogP contribution is 2.17. The molecule has 0 fully saturated rings. The molecule has 0 aliphatic heterocycles. The number of carbonyl (C=O) groups excluding carboxylic acids is 2. The summed E-state index contributed by atoms with van der Waals surface area (Å²) in [7, 11) is 0. The Kier molecular flexibility index (Phi) is 50.2. The van der Waals surface area contributed by atoms with Crippen LogP contribution in [0.5, 0.6) is 0 Å². The molecule has 0 heterocycles. The summed E-state index contributed by atoms with van der Waals surface area (Å²) in [6.07, 6.45) is 73.9. The van der Waals surface area contributed by atoms with Gasteiger partial charge in [-0.1, -0.05) is 264 Å². The first-order valence-corrected chi connectivity index (χ1v) is 27.4. The highest BCUT2D eigenvalue weighted by molar-refractivity contribution is 5.77. The van der Waals surface area contributed by atoms with E-state index in [9.17, 15) is 19.8 Å². The molecule has 0 bridgehead atoms.